The second-order valence-corrected chi connectivity index (χ2v) is 4.81. The zero-order chi connectivity index (χ0) is 11.6. The molecule has 3 atom stereocenters. The van der Waals surface area contributed by atoms with Crippen LogP contribution in [-0.2, 0) is 4.79 Å². The van der Waals surface area contributed by atoms with Gasteiger partial charge in [-0.2, -0.15) is 0 Å². The van der Waals surface area contributed by atoms with E-state index in [1.54, 1.807) is 6.82 Å². The highest BCUT2D eigenvalue weighted by molar-refractivity contribution is 6.45. The number of rotatable bonds is 4. The van der Waals surface area contributed by atoms with E-state index < -0.39 is 18.4 Å². The summed E-state index contributed by atoms with van der Waals surface area (Å²) in [6.45, 7) is 5.50. The van der Waals surface area contributed by atoms with Crippen LogP contribution in [0, 0.1) is 11.3 Å². The molecule has 15 heavy (non-hydrogen) atoms. The second kappa shape index (κ2) is 4.53. The smallest absolute Gasteiger partial charge is 0.373 e. The molecule has 1 aliphatic rings. The van der Waals surface area contributed by atoms with Crippen molar-refractivity contribution in [2.75, 3.05) is 0 Å². The average molecular weight is 213 g/mol. The van der Waals surface area contributed by atoms with Crippen LogP contribution in [0.2, 0.25) is 6.82 Å². The Bertz CT molecular complexity index is 247. The predicted molar refractivity (Wildman–Crippen MR) is 59.5 cm³/mol. The fraction of sp³-hybridized carbons (Fsp3) is 0.900. The Balaban J connectivity index is 2.71. The van der Waals surface area contributed by atoms with Gasteiger partial charge >= 0.3 is 13.0 Å². The molecule has 4 nitrogen and oxygen atoms in total. The van der Waals surface area contributed by atoms with Gasteiger partial charge in [0.2, 0.25) is 0 Å². The van der Waals surface area contributed by atoms with E-state index in [0.717, 1.165) is 12.8 Å². The molecule has 3 N–H and O–H groups in total. The molecule has 86 valence electrons. The van der Waals surface area contributed by atoms with Gasteiger partial charge in [0.25, 0.3) is 0 Å². The van der Waals surface area contributed by atoms with Crippen molar-refractivity contribution in [1.82, 2.24) is 5.23 Å². The molecule has 0 aromatic carbocycles. The summed E-state index contributed by atoms with van der Waals surface area (Å²) < 4.78 is 0. The van der Waals surface area contributed by atoms with Crippen molar-refractivity contribution >= 4 is 13.0 Å². The molecule has 0 aliphatic heterocycles. The maximum absolute atomic E-state index is 11.2. The lowest BCUT2D eigenvalue weighted by Crippen LogP contribution is -2.39. The molecule has 0 radical (unpaired) electrons. The van der Waals surface area contributed by atoms with Crippen molar-refractivity contribution in [2.24, 2.45) is 11.3 Å². The van der Waals surface area contributed by atoms with E-state index in [4.69, 9.17) is 0 Å². The van der Waals surface area contributed by atoms with E-state index in [0.29, 0.717) is 6.42 Å². The number of aliphatic carboxylic acids is 1. The molecule has 1 fully saturated rings. The van der Waals surface area contributed by atoms with Gasteiger partial charge in [0.1, 0.15) is 0 Å². The molecule has 0 aromatic heterocycles. The minimum Gasteiger partial charge on any atom is -0.481 e. The summed E-state index contributed by atoms with van der Waals surface area (Å²) in [5.41, 5.74) is -0.638. The highest BCUT2D eigenvalue weighted by Gasteiger charge is 2.48. The lowest BCUT2D eigenvalue weighted by Gasteiger charge is -2.25. The Morgan fingerprint density at radius 2 is 2.27 bits per heavy atom. The third kappa shape index (κ3) is 2.52. The predicted octanol–water partition coefficient (Wildman–Crippen LogP) is 0.966. The van der Waals surface area contributed by atoms with Crippen LogP contribution in [0.5, 0.6) is 0 Å². The highest BCUT2D eigenvalue weighted by atomic mass is 16.4. The van der Waals surface area contributed by atoms with Crippen LogP contribution in [0.4, 0.5) is 0 Å². The summed E-state index contributed by atoms with van der Waals surface area (Å²) in [4.78, 5) is 11.2. The van der Waals surface area contributed by atoms with Crippen molar-refractivity contribution in [2.45, 2.75) is 46.0 Å². The van der Waals surface area contributed by atoms with Gasteiger partial charge in [0.15, 0.2) is 0 Å². The van der Waals surface area contributed by atoms with Gasteiger partial charge in [-0.3, -0.25) is 4.79 Å². The maximum Gasteiger partial charge on any atom is 0.373 e. The summed E-state index contributed by atoms with van der Waals surface area (Å²) in [5.74, 6) is -0.518. The zero-order valence-electron chi connectivity index (χ0n) is 9.66. The topological polar surface area (TPSA) is 69.6 Å². The molecule has 0 spiro atoms. The Labute approximate surface area is 91.2 Å². The van der Waals surface area contributed by atoms with Crippen LogP contribution in [0.3, 0.4) is 0 Å². The molecule has 0 amide bonds. The third-order valence-corrected chi connectivity index (χ3v) is 3.60. The first-order chi connectivity index (χ1) is 6.90. The van der Waals surface area contributed by atoms with Gasteiger partial charge in [0.05, 0.1) is 5.41 Å². The molecule has 1 aliphatic carbocycles. The molecule has 5 heteroatoms. The van der Waals surface area contributed by atoms with E-state index in [9.17, 15) is 14.9 Å². The van der Waals surface area contributed by atoms with Gasteiger partial charge in [-0.1, -0.05) is 13.3 Å². The molecule has 0 saturated heterocycles. The Morgan fingerprint density at radius 3 is 2.60 bits per heavy atom. The first-order valence-corrected chi connectivity index (χ1v) is 5.57. The van der Waals surface area contributed by atoms with Gasteiger partial charge in [-0.15, -0.1) is 0 Å². The molecule has 0 heterocycles. The number of hydrogen-bond acceptors (Lipinski definition) is 3. The molecular formula is C10H20BNO3. The highest BCUT2D eigenvalue weighted by Crippen LogP contribution is 2.45. The van der Waals surface area contributed by atoms with Crippen molar-refractivity contribution < 1.29 is 14.9 Å². The molecular weight excluding hydrogens is 193 g/mol. The molecule has 0 bridgehead atoms. The lowest BCUT2D eigenvalue weighted by atomic mass is 9.78. The number of carboxylic acid groups (broad SMARTS) is 1. The van der Waals surface area contributed by atoms with Gasteiger partial charge in [0, 0.05) is 0 Å². The van der Waals surface area contributed by atoms with E-state index in [1.807, 2.05) is 13.8 Å². The summed E-state index contributed by atoms with van der Waals surface area (Å²) in [6, 6.07) is 0.121. The van der Waals surface area contributed by atoms with Crippen molar-refractivity contribution in [3.8, 4) is 0 Å². The first-order valence-electron chi connectivity index (χ1n) is 5.57. The van der Waals surface area contributed by atoms with Gasteiger partial charge < -0.3 is 15.4 Å². The fourth-order valence-corrected chi connectivity index (χ4v) is 2.71. The minimum atomic E-state index is -0.718. The summed E-state index contributed by atoms with van der Waals surface area (Å²) in [6.07, 6.45) is 2.32. The Kier molecular flexibility index (Phi) is 3.79. The van der Waals surface area contributed by atoms with E-state index in [-0.39, 0.29) is 12.0 Å². The largest absolute Gasteiger partial charge is 0.481 e. The number of carboxylic acids is 1. The fourth-order valence-electron chi connectivity index (χ4n) is 2.71. The van der Waals surface area contributed by atoms with Crippen LogP contribution in [-0.4, -0.2) is 29.2 Å². The van der Waals surface area contributed by atoms with E-state index in [1.165, 1.54) is 0 Å². The second-order valence-electron chi connectivity index (χ2n) is 4.81. The van der Waals surface area contributed by atoms with Crippen LogP contribution in [0.1, 0.15) is 33.1 Å². The standard InChI is InChI=1S/C10H20BNO3/c1-4-7-5-8(12-11(3)15)6-10(7,2)9(13)14/h7-8,12,15H,4-6H2,1-3H3,(H,13,14)/t7-,8+,10-/m0/s1. The van der Waals surface area contributed by atoms with Gasteiger partial charge in [-0.25, -0.2) is 0 Å². The van der Waals surface area contributed by atoms with Crippen molar-refractivity contribution in [3.05, 3.63) is 0 Å². The minimum absolute atomic E-state index is 0.121. The summed E-state index contributed by atoms with van der Waals surface area (Å²) in [5, 5.41) is 21.5. The lowest BCUT2D eigenvalue weighted by molar-refractivity contribution is -0.150. The zero-order valence-corrected chi connectivity index (χ0v) is 9.66. The molecule has 1 rings (SSSR count). The molecule has 1 saturated carbocycles. The Morgan fingerprint density at radius 1 is 1.67 bits per heavy atom. The van der Waals surface area contributed by atoms with Crippen LogP contribution < -0.4 is 5.23 Å². The van der Waals surface area contributed by atoms with Gasteiger partial charge in [-0.05, 0) is 38.5 Å². The number of nitrogens with one attached hydrogen (secondary N) is 1. The normalized spacial score (nSPS) is 35.5. The first kappa shape index (κ1) is 12.5. The molecule has 0 aromatic rings. The SMILES string of the molecule is CC[C@H]1C[C@@H](NB(C)O)C[C@]1(C)C(=O)O. The maximum atomic E-state index is 11.2. The Hall–Kier alpha value is -0.545. The summed E-state index contributed by atoms with van der Waals surface area (Å²) >= 11 is 0. The third-order valence-electron chi connectivity index (χ3n) is 3.60. The number of hydrogen-bond donors (Lipinski definition) is 3. The average Bonchev–Trinajstić information content (AvgIpc) is 2.42. The monoisotopic (exact) mass is 213 g/mol. The number of carbonyl (C=O) groups is 1. The van der Waals surface area contributed by atoms with Crippen molar-refractivity contribution in [1.29, 1.82) is 0 Å². The molecule has 0 unspecified atom stereocenters. The van der Waals surface area contributed by atoms with Crippen LogP contribution >= 0.6 is 0 Å². The van der Waals surface area contributed by atoms with Crippen molar-refractivity contribution in [3.63, 3.8) is 0 Å². The van der Waals surface area contributed by atoms with E-state index in [2.05, 4.69) is 5.23 Å². The van der Waals surface area contributed by atoms with E-state index >= 15 is 0 Å². The summed E-state index contributed by atoms with van der Waals surface area (Å²) in [7, 11) is -0.566. The van der Waals surface area contributed by atoms with Crippen LogP contribution in [0.25, 0.3) is 0 Å². The quantitative estimate of drug-likeness (QED) is 0.608. The van der Waals surface area contributed by atoms with Crippen LogP contribution in [0.15, 0.2) is 0 Å².